The van der Waals surface area contributed by atoms with Crippen molar-refractivity contribution in [3.8, 4) is 0 Å². The van der Waals surface area contributed by atoms with Crippen molar-refractivity contribution in [2.24, 2.45) is 5.73 Å². The molecular weight excluding hydrogens is 310 g/mol. The number of aromatic nitrogens is 1. The Hall–Kier alpha value is -0.750. The number of hydrogen-bond donors (Lipinski definition) is 1. The molecule has 0 aliphatic heterocycles. The molecule has 0 aliphatic rings. The molecule has 2 N–H and O–H groups in total. The van der Waals surface area contributed by atoms with Gasteiger partial charge in [-0.05, 0) is 40.7 Å². The molecule has 18 heavy (non-hydrogen) atoms. The zero-order valence-electron chi connectivity index (χ0n) is 10.3. The fourth-order valence-electron chi connectivity index (χ4n) is 1.85. The molecule has 2 aromatic rings. The van der Waals surface area contributed by atoms with Crippen molar-refractivity contribution >= 4 is 27.3 Å². The topological polar surface area (TPSA) is 42.2 Å². The summed E-state index contributed by atoms with van der Waals surface area (Å²) in [4.78, 5) is 7.93. The standard InChI is InChI=1S/C13H16BrN3S/c1-17(8-12-5-11(14)9-18-12)7-10-3-2-4-16-13(10)6-15/h2-5,9H,6-8,15H2,1H3. The molecule has 0 aliphatic carbocycles. The highest BCUT2D eigenvalue weighted by Gasteiger charge is 2.07. The van der Waals surface area contributed by atoms with E-state index in [2.05, 4.69) is 50.4 Å². The average molecular weight is 326 g/mol. The molecule has 0 aromatic carbocycles. The number of thiophene rings is 1. The van der Waals surface area contributed by atoms with Crippen LogP contribution in [0.25, 0.3) is 0 Å². The third-order valence-electron chi connectivity index (χ3n) is 2.67. The van der Waals surface area contributed by atoms with Crippen molar-refractivity contribution in [2.75, 3.05) is 7.05 Å². The Bertz CT molecular complexity index is 512. The van der Waals surface area contributed by atoms with Gasteiger partial charge in [0.25, 0.3) is 0 Å². The van der Waals surface area contributed by atoms with Gasteiger partial charge in [0.1, 0.15) is 0 Å². The minimum Gasteiger partial charge on any atom is -0.325 e. The van der Waals surface area contributed by atoms with E-state index in [1.807, 2.05) is 6.07 Å². The Morgan fingerprint density at radius 2 is 2.28 bits per heavy atom. The maximum atomic E-state index is 5.70. The first-order valence-corrected chi connectivity index (χ1v) is 7.40. The highest BCUT2D eigenvalue weighted by atomic mass is 79.9. The molecule has 0 spiro atoms. The Kier molecular flexibility index (Phi) is 4.88. The first-order valence-electron chi connectivity index (χ1n) is 5.73. The number of nitrogens with zero attached hydrogens (tertiary/aromatic N) is 2. The van der Waals surface area contributed by atoms with Gasteiger partial charge in [-0.25, -0.2) is 0 Å². The molecule has 5 heteroatoms. The van der Waals surface area contributed by atoms with Crippen molar-refractivity contribution in [1.82, 2.24) is 9.88 Å². The van der Waals surface area contributed by atoms with E-state index < -0.39 is 0 Å². The van der Waals surface area contributed by atoms with Gasteiger partial charge in [-0.15, -0.1) is 11.3 Å². The van der Waals surface area contributed by atoms with Crippen LogP contribution in [0.3, 0.4) is 0 Å². The number of pyridine rings is 1. The summed E-state index contributed by atoms with van der Waals surface area (Å²) in [6, 6.07) is 6.22. The molecule has 0 saturated carbocycles. The molecule has 0 bridgehead atoms. The van der Waals surface area contributed by atoms with Gasteiger partial charge in [0, 0.05) is 40.6 Å². The Labute approximate surface area is 120 Å². The van der Waals surface area contributed by atoms with Crippen LogP contribution in [0, 0.1) is 0 Å². The number of halogens is 1. The average Bonchev–Trinajstić information content (AvgIpc) is 2.75. The van der Waals surface area contributed by atoms with Gasteiger partial charge in [-0.3, -0.25) is 9.88 Å². The lowest BCUT2D eigenvalue weighted by atomic mass is 10.2. The molecule has 2 heterocycles. The van der Waals surface area contributed by atoms with Crippen LogP contribution in [0.2, 0.25) is 0 Å². The first-order chi connectivity index (χ1) is 8.69. The van der Waals surface area contributed by atoms with E-state index >= 15 is 0 Å². The van der Waals surface area contributed by atoms with Crippen molar-refractivity contribution in [3.05, 3.63) is 50.4 Å². The molecule has 0 atom stereocenters. The Morgan fingerprint density at radius 3 is 2.94 bits per heavy atom. The van der Waals surface area contributed by atoms with Crippen LogP contribution in [-0.4, -0.2) is 16.9 Å². The van der Waals surface area contributed by atoms with Gasteiger partial charge in [-0.2, -0.15) is 0 Å². The van der Waals surface area contributed by atoms with Crippen molar-refractivity contribution in [2.45, 2.75) is 19.6 Å². The lowest BCUT2D eigenvalue weighted by Gasteiger charge is -2.17. The van der Waals surface area contributed by atoms with E-state index in [0.717, 1.165) is 23.3 Å². The first kappa shape index (κ1) is 13.7. The van der Waals surface area contributed by atoms with Crippen LogP contribution >= 0.6 is 27.3 Å². The molecule has 96 valence electrons. The fraction of sp³-hybridized carbons (Fsp3) is 0.308. The van der Waals surface area contributed by atoms with E-state index in [0.29, 0.717) is 6.54 Å². The van der Waals surface area contributed by atoms with Gasteiger partial charge in [0.2, 0.25) is 0 Å². The third kappa shape index (κ3) is 3.62. The lowest BCUT2D eigenvalue weighted by Crippen LogP contribution is -2.18. The van der Waals surface area contributed by atoms with E-state index in [9.17, 15) is 0 Å². The molecule has 0 saturated heterocycles. The highest BCUT2D eigenvalue weighted by molar-refractivity contribution is 9.10. The van der Waals surface area contributed by atoms with Crippen LogP contribution in [0.5, 0.6) is 0 Å². The smallest absolute Gasteiger partial charge is 0.0584 e. The van der Waals surface area contributed by atoms with E-state index in [4.69, 9.17) is 5.73 Å². The minimum atomic E-state index is 0.495. The van der Waals surface area contributed by atoms with Crippen LogP contribution in [0.15, 0.2) is 34.2 Å². The SMILES string of the molecule is CN(Cc1cc(Br)cs1)Cc1cccnc1CN. The highest BCUT2D eigenvalue weighted by Crippen LogP contribution is 2.21. The summed E-state index contributed by atoms with van der Waals surface area (Å²) in [6.45, 7) is 2.31. The van der Waals surface area contributed by atoms with Crippen LogP contribution in [-0.2, 0) is 19.6 Å². The summed E-state index contributed by atoms with van der Waals surface area (Å²) in [5.41, 5.74) is 7.89. The maximum Gasteiger partial charge on any atom is 0.0584 e. The van der Waals surface area contributed by atoms with Gasteiger partial charge < -0.3 is 5.73 Å². The quantitative estimate of drug-likeness (QED) is 0.918. The number of nitrogens with two attached hydrogens (primary N) is 1. The van der Waals surface area contributed by atoms with Crippen molar-refractivity contribution in [3.63, 3.8) is 0 Å². The number of hydrogen-bond acceptors (Lipinski definition) is 4. The molecule has 0 fully saturated rings. The minimum absolute atomic E-state index is 0.495. The zero-order chi connectivity index (χ0) is 13.0. The van der Waals surface area contributed by atoms with Gasteiger partial charge in [0.05, 0.1) is 5.69 Å². The fourth-order valence-corrected chi connectivity index (χ4v) is 3.38. The molecule has 2 rings (SSSR count). The van der Waals surface area contributed by atoms with Gasteiger partial charge in [-0.1, -0.05) is 6.07 Å². The van der Waals surface area contributed by atoms with E-state index in [1.165, 1.54) is 10.4 Å². The Morgan fingerprint density at radius 1 is 1.44 bits per heavy atom. The maximum absolute atomic E-state index is 5.70. The molecule has 0 unspecified atom stereocenters. The molecular formula is C13H16BrN3S. The second-order valence-corrected chi connectivity index (χ2v) is 6.13. The van der Waals surface area contributed by atoms with E-state index in [-0.39, 0.29) is 0 Å². The summed E-state index contributed by atoms with van der Waals surface area (Å²) < 4.78 is 1.15. The molecule has 0 radical (unpaired) electrons. The summed E-state index contributed by atoms with van der Waals surface area (Å²) in [5.74, 6) is 0. The summed E-state index contributed by atoms with van der Waals surface area (Å²) in [5, 5.41) is 2.11. The largest absolute Gasteiger partial charge is 0.325 e. The van der Waals surface area contributed by atoms with E-state index in [1.54, 1.807) is 17.5 Å². The van der Waals surface area contributed by atoms with Crippen LogP contribution in [0.1, 0.15) is 16.1 Å². The third-order valence-corrected chi connectivity index (χ3v) is 4.35. The number of rotatable bonds is 5. The molecule has 0 amide bonds. The predicted octanol–water partition coefficient (Wildman–Crippen LogP) is 3.00. The monoisotopic (exact) mass is 325 g/mol. The van der Waals surface area contributed by atoms with Crippen LogP contribution in [0.4, 0.5) is 0 Å². The zero-order valence-corrected chi connectivity index (χ0v) is 12.7. The summed E-state index contributed by atoms with van der Waals surface area (Å²) in [6.07, 6.45) is 1.79. The lowest BCUT2D eigenvalue weighted by molar-refractivity contribution is 0.320. The molecule has 3 nitrogen and oxygen atoms in total. The molecule has 2 aromatic heterocycles. The normalized spacial score (nSPS) is 11.1. The van der Waals surface area contributed by atoms with Gasteiger partial charge >= 0.3 is 0 Å². The Balaban J connectivity index is 2.00. The second kappa shape index (κ2) is 6.43. The van der Waals surface area contributed by atoms with Gasteiger partial charge in [0.15, 0.2) is 0 Å². The van der Waals surface area contributed by atoms with Crippen LogP contribution < -0.4 is 5.73 Å². The van der Waals surface area contributed by atoms with Crippen molar-refractivity contribution in [1.29, 1.82) is 0 Å². The second-order valence-electron chi connectivity index (χ2n) is 4.22. The predicted molar refractivity (Wildman–Crippen MR) is 79.3 cm³/mol. The summed E-state index contributed by atoms with van der Waals surface area (Å²) in [7, 11) is 2.11. The summed E-state index contributed by atoms with van der Waals surface area (Å²) >= 11 is 5.25. The van der Waals surface area contributed by atoms with Crippen molar-refractivity contribution < 1.29 is 0 Å².